The first kappa shape index (κ1) is 17.2. The zero-order valence-corrected chi connectivity index (χ0v) is 17.0. The van der Waals surface area contributed by atoms with E-state index in [1.807, 2.05) is 0 Å². The molecule has 5 aliphatic rings. The third kappa shape index (κ3) is 2.67. The lowest BCUT2D eigenvalue weighted by molar-refractivity contribution is -0.123. The van der Waals surface area contributed by atoms with E-state index in [2.05, 4.69) is 10.3 Å². The van der Waals surface area contributed by atoms with Crippen molar-refractivity contribution in [2.24, 2.45) is 23.2 Å². The van der Waals surface area contributed by atoms with E-state index < -0.39 is 0 Å². The average molecular weight is 398 g/mol. The van der Waals surface area contributed by atoms with E-state index in [4.69, 9.17) is 0 Å². The van der Waals surface area contributed by atoms with Crippen molar-refractivity contribution in [1.29, 1.82) is 0 Å². The number of aryl methyl sites for hydroxylation is 2. The first-order chi connectivity index (χ1) is 13.6. The predicted molar refractivity (Wildman–Crippen MR) is 110 cm³/mol. The lowest BCUT2D eigenvalue weighted by atomic mass is 9.49. The highest BCUT2D eigenvalue weighted by atomic mass is 32.1. The Kier molecular flexibility index (Phi) is 3.78. The Morgan fingerprint density at radius 1 is 1.18 bits per heavy atom. The molecule has 5 aliphatic carbocycles. The molecule has 0 unspecified atom stereocenters. The summed E-state index contributed by atoms with van der Waals surface area (Å²) in [5, 5.41) is 3.94. The smallest absolute Gasteiger partial charge is 0.262 e. The lowest BCUT2D eigenvalue weighted by Gasteiger charge is -2.56. The first-order valence-electron chi connectivity index (χ1n) is 10.8. The summed E-state index contributed by atoms with van der Waals surface area (Å²) in [6.45, 7) is 0.867. The minimum Gasteiger partial charge on any atom is -0.354 e. The SMILES string of the molecule is O=C(Cn1cnc2sc3c(c2c1=O)CCC3)NCC12CC3CC(CC(C3)C1)C2. The maximum absolute atomic E-state index is 13.0. The van der Waals surface area contributed by atoms with Crippen LogP contribution in [0.5, 0.6) is 0 Å². The van der Waals surface area contributed by atoms with Crippen molar-refractivity contribution in [2.75, 3.05) is 6.54 Å². The van der Waals surface area contributed by atoms with Gasteiger partial charge < -0.3 is 5.32 Å². The second-order valence-corrected chi connectivity index (χ2v) is 11.0. The zero-order chi connectivity index (χ0) is 18.9. The summed E-state index contributed by atoms with van der Waals surface area (Å²) in [6, 6.07) is 0. The molecule has 5 nitrogen and oxygen atoms in total. The van der Waals surface area contributed by atoms with Crippen LogP contribution in [0.3, 0.4) is 0 Å². The molecule has 0 aromatic carbocycles. The van der Waals surface area contributed by atoms with Crippen molar-refractivity contribution in [3.05, 3.63) is 27.1 Å². The lowest BCUT2D eigenvalue weighted by Crippen LogP contribution is -2.51. The molecule has 4 fully saturated rings. The maximum Gasteiger partial charge on any atom is 0.262 e. The van der Waals surface area contributed by atoms with Gasteiger partial charge in [0.2, 0.25) is 5.91 Å². The molecule has 4 saturated carbocycles. The van der Waals surface area contributed by atoms with Gasteiger partial charge in [-0.15, -0.1) is 11.3 Å². The van der Waals surface area contributed by atoms with Gasteiger partial charge in [-0.1, -0.05) is 0 Å². The Morgan fingerprint density at radius 2 is 1.89 bits per heavy atom. The Morgan fingerprint density at radius 3 is 2.61 bits per heavy atom. The monoisotopic (exact) mass is 397 g/mol. The van der Waals surface area contributed by atoms with E-state index in [1.54, 1.807) is 17.7 Å². The molecule has 2 heterocycles. The quantitative estimate of drug-likeness (QED) is 0.861. The molecule has 7 rings (SSSR count). The third-order valence-corrected chi connectivity index (χ3v) is 9.03. The second kappa shape index (κ2) is 6.15. The molecule has 0 atom stereocenters. The summed E-state index contributed by atoms with van der Waals surface area (Å²) < 4.78 is 1.50. The predicted octanol–water partition coefficient (Wildman–Crippen LogP) is 3.28. The van der Waals surface area contributed by atoms with Gasteiger partial charge in [0.25, 0.3) is 5.56 Å². The normalized spacial score (nSPS) is 32.8. The zero-order valence-electron chi connectivity index (χ0n) is 16.2. The largest absolute Gasteiger partial charge is 0.354 e. The Balaban J connectivity index is 1.18. The summed E-state index contributed by atoms with van der Waals surface area (Å²) >= 11 is 1.65. The van der Waals surface area contributed by atoms with Crippen molar-refractivity contribution in [3.63, 3.8) is 0 Å². The molecular formula is C22H27N3O2S. The van der Waals surface area contributed by atoms with Crippen molar-refractivity contribution in [3.8, 4) is 0 Å². The summed E-state index contributed by atoms with van der Waals surface area (Å²) in [5.74, 6) is 2.61. The number of carbonyl (C=O) groups excluding carboxylic acids is 1. The Hall–Kier alpha value is -1.69. The Bertz CT molecular complexity index is 985. The van der Waals surface area contributed by atoms with Crippen LogP contribution in [0.25, 0.3) is 10.2 Å². The third-order valence-electron chi connectivity index (χ3n) is 7.83. The van der Waals surface area contributed by atoms with Crippen LogP contribution in [0.15, 0.2) is 11.1 Å². The summed E-state index contributed by atoms with van der Waals surface area (Å²) in [6.07, 6.45) is 12.8. The molecule has 2 aromatic heterocycles. The highest BCUT2D eigenvalue weighted by Gasteiger charge is 2.50. The van der Waals surface area contributed by atoms with E-state index in [-0.39, 0.29) is 18.0 Å². The number of hydrogen-bond donors (Lipinski definition) is 1. The molecule has 0 spiro atoms. The van der Waals surface area contributed by atoms with Gasteiger partial charge in [-0.2, -0.15) is 0 Å². The highest BCUT2D eigenvalue weighted by Crippen LogP contribution is 2.59. The standard InChI is InChI=1S/C22H27N3O2S/c26-18(23-11-22-7-13-4-14(8-22)6-15(5-13)9-22)10-25-12-24-20-19(21(25)27)16-2-1-3-17(16)28-20/h12-15H,1-11H2,(H,23,26). The number of amides is 1. The fourth-order valence-electron chi connectivity index (χ4n) is 7.14. The molecule has 6 heteroatoms. The van der Waals surface area contributed by atoms with Gasteiger partial charge >= 0.3 is 0 Å². The van der Waals surface area contributed by atoms with E-state index >= 15 is 0 Å². The topological polar surface area (TPSA) is 64.0 Å². The molecule has 1 amide bonds. The van der Waals surface area contributed by atoms with Gasteiger partial charge in [0.15, 0.2) is 0 Å². The minimum absolute atomic E-state index is 0.0469. The van der Waals surface area contributed by atoms with Crippen LogP contribution in [0.2, 0.25) is 0 Å². The van der Waals surface area contributed by atoms with Crippen LogP contribution in [-0.4, -0.2) is 22.0 Å². The van der Waals surface area contributed by atoms with Crippen molar-refractivity contribution < 1.29 is 4.79 Å². The average Bonchev–Trinajstić information content (AvgIpc) is 3.22. The molecule has 4 bridgehead atoms. The van der Waals surface area contributed by atoms with Crippen LogP contribution in [0.1, 0.15) is 55.4 Å². The summed E-state index contributed by atoms with van der Waals surface area (Å²) in [4.78, 5) is 32.2. The van der Waals surface area contributed by atoms with Gasteiger partial charge in [-0.05, 0) is 86.5 Å². The van der Waals surface area contributed by atoms with E-state index in [1.165, 1.54) is 53.5 Å². The molecule has 148 valence electrons. The molecule has 0 aliphatic heterocycles. The van der Waals surface area contributed by atoms with Gasteiger partial charge in [0.1, 0.15) is 11.4 Å². The van der Waals surface area contributed by atoms with E-state index in [9.17, 15) is 9.59 Å². The molecular weight excluding hydrogens is 370 g/mol. The fraction of sp³-hybridized carbons (Fsp3) is 0.682. The van der Waals surface area contributed by atoms with Crippen molar-refractivity contribution in [2.45, 2.75) is 64.3 Å². The van der Waals surface area contributed by atoms with E-state index in [0.29, 0.717) is 5.41 Å². The van der Waals surface area contributed by atoms with Crippen LogP contribution >= 0.6 is 11.3 Å². The number of aromatic nitrogens is 2. The fourth-order valence-corrected chi connectivity index (χ4v) is 8.35. The van der Waals surface area contributed by atoms with Crippen LogP contribution < -0.4 is 10.9 Å². The van der Waals surface area contributed by atoms with Crippen LogP contribution in [0, 0.1) is 23.2 Å². The molecule has 2 aromatic rings. The number of nitrogens with zero attached hydrogens (tertiary/aromatic N) is 2. The second-order valence-electron chi connectivity index (χ2n) is 9.91. The van der Waals surface area contributed by atoms with Gasteiger partial charge in [0, 0.05) is 11.4 Å². The molecule has 1 N–H and O–H groups in total. The number of hydrogen-bond acceptors (Lipinski definition) is 4. The van der Waals surface area contributed by atoms with Crippen molar-refractivity contribution in [1.82, 2.24) is 14.9 Å². The van der Waals surface area contributed by atoms with Crippen molar-refractivity contribution >= 4 is 27.5 Å². The minimum atomic E-state index is -0.0501. The number of rotatable bonds is 4. The highest BCUT2D eigenvalue weighted by molar-refractivity contribution is 7.18. The molecule has 0 saturated heterocycles. The molecule has 0 radical (unpaired) electrons. The first-order valence-corrected chi connectivity index (χ1v) is 11.7. The summed E-state index contributed by atoms with van der Waals surface area (Å²) in [5.41, 5.74) is 1.46. The molecule has 28 heavy (non-hydrogen) atoms. The van der Waals surface area contributed by atoms with Crippen LogP contribution in [0.4, 0.5) is 0 Å². The van der Waals surface area contributed by atoms with E-state index in [0.717, 1.165) is 53.8 Å². The number of carbonyl (C=O) groups is 1. The van der Waals surface area contributed by atoms with Gasteiger partial charge in [0.05, 0.1) is 11.7 Å². The van der Waals surface area contributed by atoms with Gasteiger partial charge in [-0.3, -0.25) is 14.2 Å². The number of nitrogens with one attached hydrogen (secondary N) is 1. The number of fused-ring (bicyclic) bond motifs is 3. The maximum atomic E-state index is 13.0. The van der Waals surface area contributed by atoms with Crippen LogP contribution in [-0.2, 0) is 24.2 Å². The Labute approximate surface area is 168 Å². The van der Waals surface area contributed by atoms with Gasteiger partial charge in [-0.25, -0.2) is 4.98 Å². The number of thiophene rings is 1. The summed E-state index contributed by atoms with van der Waals surface area (Å²) in [7, 11) is 0.